The molecule has 2 aromatic carbocycles. The second-order valence-electron chi connectivity index (χ2n) is 5.06. The summed E-state index contributed by atoms with van der Waals surface area (Å²) in [5, 5.41) is 3.62. The first-order valence-electron chi connectivity index (χ1n) is 6.86. The van der Waals surface area contributed by atoms with Crippen LogP contribution in [0, 0.1) is 0 Å². The Labute approximate surface area is 143 Å². The van der Waals surface area contributed by atoms with Crippen LogP contribution in [0.5, 0.6) is 5.75 Å². The highest BCUT2D eigenvalue weighted by Crippen LogP contribution is 2.29. The van der Waals surface area contributed by atoms with E-state index in [1.807, 2.05) is 6.07 Å². The molecule has 0 heterocycles. The molecule has 2 aromatic rings. The number of benzene rings is 2. The van der Waals surface area contributed by atoms with Crippen LogP contribution in [0.1, 0.15) is 37.1 Å². The number of hydrogen-bond acceptors (Lipinski definition) is 2. The summed E-state index contributed by atoms with van der Waals surface area (Å²) in [6.45, 7) is 4.35. The molecule has 4 heteroatoms. The SMILES string of the molecule is COc1ccc(C(C)N[C@@H](C)c2ccc(Br)cc2)cc1Br. The molecule has 0 saturated heterocycles. The van der Waals surface area contributed by atoms with E-state index in [-0.39, 0.29) is 12.1 Å². The van der Waals surface area contributed by atoms with Gasteiger partial charge in [0.1, 0.15) is 5.75 Å². The Balaban J connectivity index is 2.08. The van der Waals surface area contributed by atoms with Gasteiger partial charge >= 0.3 is 0 Å². The molecule has 0 aromatic heterocycles. The van der Waals surface area contributed by atoms with E-state index in [0.717, 1.165) is 14.7 Å². The van der Waals surface area contributed by atoms with Crippen molar-refractivity contribution in [3.63, 3.8) is 0 Å². The molecule has 0 radical (unpaired) electrons. The molecular weight excluding hydrogens is 394 g/mol. The van der Waals surface area contributed by atoms with E-state index in [0.29, 0.717) is 0 Å². The van der Waals surface area contributed by atoms with Crippen molar-refractivity contribution in [3.8, 4) is 5.75 Å². The molecule has 0 amide bonds. The van der Waals surface area contributed by atoms with Gasteiger partial charge in [0.2, 0.25) is 0 Å². The Morgan fingerprint density at radius 2 is 1.48 bits per heavy atom. The molecule has 0 aliphatic carbocycles. The van der Waals surface area contributed by atoms with Crippen molar-refractivity contribution in [2.24, 2.45) is 0 Å². The van der Waals surface area contributed by atoms with Crippen molar-refractivity contribution < 1.29 is 4.74 Å². The minimum atomic E-state index is 0.255. The lowest BCUT2D eigenvalue weighted by atomic mass is 10.0. The maximum absolute atomic E-state index is 5.27. The van der Waals surface area contributed by atoms with E-state index >= 15 is 0 Å². The highest BCUT2D eigenvalue weighted by atomic mass is 79.9. The average molecular weight is 413 g/mol. The van der Waals surface area contributed by atoms with Gasteiger partial charge in [0, 0.05) is 16.6 Å². The van der Waals surface area contributed by atoms with E-state index in [4.69, 9.17) is 4.74 Å². The van der Waals surface area contributed by atoms with Crippen molar-refractivity contribution >= 4 is 31.9 Å². The van der Waals surface area contributed by atoms with Crippen molar-refractivity contribution in [3.05, 3.63) is 62.5 Å². The lowest BCUT2D eigenvalue weighted by molar-refractivity contribution is 0.411. The van der Waals surface area contributed by atoms with Crippen molar-refractivity contribution in [1.29, 1.82) is 0 Å². The van der Waals surface area contributed by atoms with E-state index < -0.39 is 0 Å². The fourth-order valence-corrected chi connectivity index (χ4v) is 3.09. The maximum atomic E-state index is 5.27. The maximum Gasteiger partial charge on any atom is 0.133 e. The van der Waals surface area contributed by atoms with Crippen molar-refractivity contribution in [1.82, 2.24) is 5.32 Å². The molecule has 0 saturated carbocycles. The summed E-state index contributed by atoms with van der Waals surface area (Å²) >= 11 is 7.00. The standard InChI is InChI=1S/C17H19Br2NO/c1-11(13-4-7-15(18)8-5-13)20-12(2)14-6-9-17(21-3)16(19)10-14/h4-12,20H,1-3H3/t11-,12?/m0/s1. The monoisotopic (exact) mass is 411 g/mol. The number of hydrogen-bond donors (Lipinski definition) is 1. The number of nitrogens with one attached hydrogen (secondary N) is 1. The van der Waals surface area contributed by atoms with Crippen molar-refractivity contribution in [2.45, 2.75) is 25.9 Å². The molecule has 0 spiro atoms. The van der Waals surface area contributed by atoms with Crippen LogP contribution in [0.4, 0.5) is 0 Å². The molecule has 2 rings (SSSR count). The summed E-state index contributed by atoms with van der Waals surface area (Å²) < 4.78 is 7.35. The van der Waals surface area contributed by atoms with Crippen LogP contribution < -0.4 is 10.1 Å². The fourth-order valence-electron chi connectivity index (χ4n) is 2.27. The van der Waals surface area contributed by atoms with Crippen LogP contribution in [0.25, 0.3) is 0 Å². The average Bonchev–Trinajstić information content (AvgIpc) is 2.47. The first kappa shape index (κ1) is 16.5. The van der Waals surface area contributed by atoms with Gasteiger partial charge in [-0.3, -0.25) is 0 Å². The Morgan fingerprint density at radius 3 is 2.05 bits per heavy atom. The number of ether oxygens (including phenoxy) is 1. The van der Waals surface area contributed by atoms with Gasteiger partial charge in [-0.1, -0.05) is 34.1 Å². The molecule has 112 valence electrons. The second-order valence-corrected chi connectivity index (χ2v) is 6.83. The van der Waals surface area contributed by atoms with Gasteiger partial charge in [0.05, 0.1) is 11.6 Å². The molecule has 2 atom stereocenters. The number of rotatable bonds is 5. The third kappa shape index (κ3) is 4.31. The lowest BCUT2D eigenvalue weighted by Crippen LogP contribution is -2.22. The molecule has 0 aliphatic heterocycles. The van der Waals surface area contributed by atoms with E-state index in [1.54, 1.807) is 7.11 Å². The van der Waals surface area contributed by atoms with Gasteiger partial charge in [-0.2, -0.15) is 0 Å². The minimum Gasteiger partial charge on any atom is -0.496 e. The highest BCUT2D eigenvalue weighted by Gasteiger charge is 2.12. The summed E-state index contributed by atoms with van der Waals surface area (Å²) in [5.41, 5.74) is 2.50. The molecule has 0 aliphatic rings. The molecule has 0 bridgehead atoms. The van der Waals surface area contributed by atoms with Crippen LogP contribution in [-0.2, 0) is 0 Å². The quantitative estimate of drug-likeness (QED) is 0.686. The zero-order chi connectivity index (χ0) is 15.4. The molecule has 1 N–H and O–H groups in total. The zero-order valence-electron chi connectivity index (χ0n) is 12.4. The normalized spacial score (nSPS) is 13.8. The third-order valence-corrected chi connectivity index (χ3v) is 4.69. The molecule has 21 heavy (non-hydrogen) atoms. The van der Waals surface area contributed by atoms with Crippen LogP contribution in [0.2, 0.25) is 0 Å². The Morgan fingerprint density at radius 1 is 0.905 bits per heavy atom. The molecular formula is C17H19Br2NO. The van der Waals surface area contributed by atoms with Crippen molar-refractivity contribution in [2.75, 3.05) is 7.11 Å². The first-order chi connectivity index (χ1) is 10.0. The van der Waals surface area contributed by atoms with Gasteiger partial charge < -0.3 is 10.1 Å². The summed E-state index contributed by atoms with van der Waals surface area (Å²) in [6.07, 6.45) is 0. The number of methoxy groups -OCH3 is 1. The molecule has 2 nitrogen and oxygen atoms in total. The second kappa shape index (κ2) is 7.43. The third-order valence-electron chi connectivity index (χ3n) is 3.55. The molecule has 1 unspecified atom stereocenters. The summed E-state index contributed by atoms with van der Waals surface area (Å²) in [6, 6.07) is 15.1. The predicted octanol–water partition coefficient (Wildman–Crippen LogP) is 5.63. The topological polar surface area (TPSA) is 21.3 Å². The molecule has 0 fully saturated rings. The van der Waals surface area contributed by atoms with Crippen LogP contribution in [-0.4, -0.2) is 7.11 Å². The smallest absolute Gasteiger partial charge is 0.133 e. The van der Waals surface area contributed by atoms with E-state index in [9.17, 15) is 0 Å². The van der Waals surface area contributed by atoms with Crippen LogP contribution in [0.3, 0.4) is 0 Å². The highest BCUT2D eigenvalue weighted by molar-refractivity contribution is 9.10. The van der Waals surface area contributed by atoms with Gasteiger partial charge in [0.15, 0.2) is 0 Å². The predicted molar refractivity (Wildman–Crippen MR) is 94.8 cm³/mol. The summed E-state index contributed by atoms with van der Waals surface area (Å²) in [4.78, 5) is 0. The Kier molecular flexibility index (Phi) is 5.85. The lowest BCUT2D eigenvalue weighted by Gasteiger charge is -2.21. The van der Waals surface area contributed by atoms with Gasteiger partial charge in [-0.05, 0) is 65.2 Å². The van der Waals surface area contributed by atoms with Crippen LogP contribution in [0.15, 0.2) is 51.4 Å². The first-order valence-corrected chi connectivity index (χ1v) is 8.45. The Bertz CT molecular complexity index is 598. The Hall–Kier alpha value is -0.840. The van der Waals surface area contributed by atoms with Crippen LogP contribution >= 0.6 is 31.9 Å². The van der Waals surface area contributed by atoms with Gasteiger partial charge in [0.25, 0.3) is 0 Å². The number of halogens is 2. The fraction of sp³-hybridized carbons (Fsp3) is 0.294. The largest absolute Gasteiger partial charge is 0.496 e. The summed E-state index contributed by atoms with van der Waals surface area (Å²) in [5.74, 6) is 0.854. The van der Waals surface area contributed by atoms with Gasteiger partial charge in [-0.25, -0.2) is 0 Å². The van der Waals surface area contributed by atoms with Gasteiger partial charge in [-0.15, -0.1) is 0 Å². The van der Waals surface area contributed by atoms with E-state index in [2.05, 4.69) is 87.4 Å². The zero-order valence-corrected chi connectivity index (χ0v) is 15.5. The van der Waals surface area contributed by atoms with E-state index in [1.165, 1.54) is 11.1 Å². The summed E-state index contributed by atoms with van der Waals surface area (Å²) in [7, 11) is 1.68. The minimum absolute atomic E-state index is 0.255.